The fourth-order valence-electron chi connectivity index (χ4n) is 1.63. The van der Waals surface area contributed by atoms with Crippen LogP contribution in [-0.2, 0) is 10.0 Å². The minimum atomic E-state index is -3.48. The molecule has 2 aromatic heterocycles. The molecule has 18 heavy (non-hydrogen) atoms. The molecule has 0 fully saturated rings. The van der Waals surface area contributed by atoms with Crippen LogP contribution in [0.3, 0.4) is 0 Å². The number of fused-ring (bicyclic) bond motifs is 1. The molecule has 0 bridgehead atoms. The number of hydrogen-bond donors (Lipinski definition) is 2. The van der Waals surface area contributed by atoms with E-state index in [-0.39, 0.29) is 0 Å². The second kappa shape index (κ2) is 4.11. The van der Waals surface area contributed by atoms with Crippen molar-refractivity contribution in [1.29, 1.82) is 0 Å². The van der Waals surface area contributed by atoms with Gasteiger partial charge in [-0.3, -0.25) is 9.82 Å². The zero-order valence-corrected chi connectivity index (χ0v) is 10.8. The molecule has 0 radical (unpaired) electrons. The van der Waals surface area contributed by atoms with Gasteiger partial charge in [0.15, 0.2) is 0 Å². The van der Waals surface area contributed by atoms with Crippen molar-refractivity contribution in [2.45, 2.75) is 4.21 Å². The molecule has 3 aromatic rings. The predicted molar refractivity (Wildman–Crippen MR) is 71.2 cm³/mol. The molecule has 0 aliphatic rings. The molecule has 0 unspecified atom stereocenters. The van der Waals surface area contributed by atoms with Gasteiger partial charge < -0.3 is 0 Å². The maximum absolute atomic E-state index is 12.0. The number of hydrogen-bond acceptors (Lipinski definition) is 4. The van der Waals surface area contributed by atoms with E-state index in [0.717, 1.165) is 10.9 Å². The van der Waals surface area contributed by atoms with E-state index in [0.29, 0.717) is 9.90 Å². The molecule has 0 atom stereocenters. The average molecular weight is 279 g/mol. The first kappa shape index (κ1) is 11.2. The molecule has 92 valence electrons. The molecule has 1 aromatic carbocycles. The standard InChI is InChI=1S/C11H9N3O2S2/c15-18(16,11-2-1-5-17-11)14-9-3-4-10-8(6-9)7-12-13-10/h1-7,14H,(H,12,13). The van der Waals surface area contributed by atoms with Crippen LogP contribution in [0.1, 0.15) is 0 Å². The lowest BCUT2D eigenvalue weighted by atomic mass is 10.2. The minimum Gasteiger partial charge on any atom is -0.279 e. The van der Waals surface area contributed by atoms with Crippen molar-refractivity contribution in [2.75, 3.05) is 4.72 Å². The van der Waals surface area contributed by atoms with Gasteiger partial charge in [-0.15, -0.1) is 11.3 Å². The number of rotatable bonds is 3. The first-order chi connectivity index (χ1) is 8.65. The van der Waals surface area contributed by atoms with Gasteiger partial charge in [-0.1, -0.05) is 6.07 Å². The Bertz CT molecular complexity index is 776. The molecule has 5 nitrogen and oxygen atoms in total. The Morgan fingerprint density at radius 2 is 2.17 bits per heavy atom. The highest BCUT2D eigenvalue weighted by Crippen LogP contribution is 2.22. The number of nitrogens with one attached hydrogen (secondary N) is 2. The summed E-state index contributed by atoms with van der Waals surface area (Å²) in [7, 11) is -3.48. The number of sulfonamides is 1. The van der Waals surface area contributed by atoms with E-state index in [4.69, 9.17) is 0 Å². The van der Waals surface area contributed by atoms with E-state index >= 15 is 0 Å². The average Bonchev–Trinajstić information content (AvgIpc) is 2.99. The Kier molecular flexibility index (Phi) is 2.57. The van der Waals surface area contributed by atoms with Gasteiger partial charge >= 0.3 is 0 Å². The summed E-state index contributed by atoms with van der Waals surface area (Å²) in [5.74, 6) is 0. The topological polar surface area (TPSA) is 74.8 Å². The summed E-state index contributed by atoms with van der Waals surface area (Å²) in [5, 5.41) is 9.29. The van der Waals surface area contributed by atoms with Crippen molar-refractivity contribution in [3.05, 3.63) is 41.9 Å². The molecule has 0 amide bonds. The smallest absolute Gasteiger partial charge is 0.271 e. The van der Waals surface area contributed by atoms with Crippen molar-refractivity contribution in [3.63, 3.8) is 0 Å². The predicted octanol–water partition coefficient (Wildman–Crippen LogP) is 2.43. The molecule has 2 N–H and O–H groups in total. The first-order valence-corrected chi connectivity index (χ1v) is 7.51. The molecular formula is C11H9N3O2S2. The largest absolute Gasteiger partial charge is 0.279 e. The summed E-state index contributed by atoms with van der Waals surface area (Å²) >= 11 is 1.19. The van der Waals surface area contributed by atoms with E-state index < -0.39 is 10.0 Å². The summed E-state index contributed by atoms with van der Waals surface area (Å²) in [6.45, 7) is 0. The second-order valence-corrected chi connectivity index (χ2v) is 6.57. The normalized spacial score (nSPS) is 11.8. The van der Waals surface area contributed by atoms with Gasteiger partial charge in [-0.2, -0.15) is 5.10 Å². The molecule has 0 spiro atoms. The second-order valence-electron chi connectivity index (χ2n) is 3.71. The zero-order chi connectivity index (χ0) is 12.6. The summed E-state index contributed by atoms with van der Waals surface area (Å²) in [5.41, 5.74) is 1.39. The SMILES string of the molecule is O=S(=O)(Nc1ccc2[nH]ncc2c1)c1cccs1. The lowest BCUT2D eigenvalue weighted by Gasteiger charge is -2.05. The molecular weight excluding hydrogens is 270 g/mol. The highest BCUT2D eigenvalue weighted by atomic mass is 32.2. The van der Waals surface area contributed by atoms with E-state index in [1.165, 1.54) is 11.3 Å². The number of anilines is 1. The Hall–Kier alpha value is -1.86. The Balaban J connectivity index is 1.97. The Morgan fingerprint density at radius 3 is 2.94 bits per heavy atom. The number of thiophene rings is 1. The van der Waals surface area contributed by atoms with Crippen LogP contribution in [0.2, 0.25) is 0 Å². The van der Waals surface area contributed by atoms with Gasteiger partial charge in [0.05, 0.1) is 11.7 Å². The van der Waals surface area contributed by atoms with Crippen molar-refractivity contribution in [3.8, 4) is 0 Å². The van der Waals surface area contributed by atoms with Crippen LogP contribution in [0.25, 0.3) is 10.9 Å². The molecule has 0 aliphatic carbocycles. The third-order valence-corrected chi connectivity index (χ3v) is 5.23. The Labute approximate surface area is 108 Å². The fourth-order valence-corrected chi connectivity index (χ4v) is 3.67. The molecule has 0 saturated heterocycles. The van der Waals surface area contributed by atoms with Gasteiger partial charge in [0.1, 0.15) is 4.21 Å². The maximum atomic E-state index is 12.0. The maximum Gasteiger partial charge on any atom is 0.271 e. The van der Waals surface area contributed by atoms with Crippen LogP contribution < -0.4 is 4.72 Å². The first-order valence-electron chi connectivity index (χ1n) is 5.15. The van der Waals surface area contributed by atoms with Gasteiger partial charge in [-0.05, 0) is 29.6 Å². The molecule has 3 rings (SSSR count). The number of aromatic amines is 1. The van der Waals surface area contributed by atoms with E-state index in [9.17, 15) is 8.42 Å². The third-order valence-electron chi connectivity index (χ3n) is 2.45. The van der Waals surface area contributed by atoms with Crippen LogP contribution in [0, 0.1) is 0 Å². The summed E-state index contributed by atoms with van der Waals surface area (Å²) in [4.78, 5) is 0. The number of aromatic nitrogens is 2. The van der Waals surface area contributed by atoms with Crippen LogP contribution in [0.5, 0.6) is 0 Å². The Morgan fingerprint density at radius 1 is 1.28 bits per heavy atom. The van der Waals surface area contributed by atoms with Crippen molar-refractivity contribution < 1.29 is 8.42 Å². The minimum absolute atomic E-state index is 0.301. The monoisotopic (exact) mass is 279 g/mol. The van der Waals surface area contributed by atoms with Gasteiger partial charge in [0, 0.05) is 11.1 Å². The van der Waals surface area contributed by atoms with Crippen molar-refractivity contribution in [1.82, 2.24) is 10.2 Å². The van der Waals surface area contributed by atoms with Crippen LogP contribution in [-0.4, -0.2) is 18.6 Å². The van der Waals surface area contributed by atoms with Crippen LogP contribution in [0.4, 0.5) is 5.69 Å². The van der Waals surface area contributed by atoms with E-state index in [1.54, 1.807) is 41.9 Å². The van der Waals surface area contributed by atoms with Gasteiger partial charge in [0.2, 0.25) is 0 Å². The molecule has 2 heterocycles. The highest BCUT2D eigenvalue weighted by molar-refractivity contribution is 7.94. The van der Waals surface area contributed by atoms with Crippen LogP contribution in [0.15, 0.2) is 46.1 Å². The number of benzene rings is 1. The quantitative estimate of drug-likeness (QED) is 0.773. The molecule has 0 saturated carbocycles. The van der Waals surface area contributed by atoms with Crippen molar-refractivity contribution >= 4 is 38.0 Å². The van der Waals surface area contributed by atoms with Gasteiger partial charge in [-0.25, -0.2) is 8.42 Å². The van der Waals surface area contributed by atoms with Crippen LogP contribution >= 0.6 is 11.3 Å². The highest BCUT2D eigenvalue weighted by Gasteiger charge is 2.15. The third kappa shape index (κ3) is 1.98. The molecule has 0 aliphatic heterocycles. The zero-order valence-electron chi connectivity index (χ0n) is 9.12. The van der Waals surface area contributed by atoms with E-state index in [2.05, 4.69) is 14.9 Å². The lowest BCUT2D eigenvalue weighted by Crippen LogP contribution is -2.11. The number of H-pyrrole nitrogens is 1. The summed E-state index contributed by atoms with van der Waals surface area (Å²) in [6, 6.07) is 8.51. The summed E-state index contributed by atoms with van der Waals surface area (Å²) in [6.07, 6.45) is 1.65. The summed E-state index contributed by atoms with van der Waals surface area (Å²) < 4.78 is 26.9. The molecule has 7 heteroatoms. The fraction of sp³-hybridized carbons (Fsp3) is 0. The van der Waals surface area contributed by atoms with E-state index in [1.807, 2.05) is 0 Å². The van der Waals surface area contributed by atoms with Crippen molar-refractivity contribution in [2.24, 2.45) is 0 Å². The lowest BCUT2D eigenvalue weighted by molar-refractivity contribution is 0.603. The number of nitrogens with zero attached hydrogens (tertiary/aromatic N) is 1. The van der Waals surface area contributed by atoms with Gasteiger partial charge in [0.25, 0.3) is 10.0 Å².